The van der Waals surface area contributed by atoms with Gasteiger partial charge in [0.25, 0.3) is 5.91 Å². The molecular formula is C23H32N4O. The Kier molecular flexibility index (Phi) is 7.04. The fourth-order valence-corrected chi connectivity index (χ4v) is 3.97. The summed E-state index contributed by atoms with van der Waals surface area (Å²) in [5.41, 5.74) is 1.76. The summed E-state index contributed by atoms with van der Waals surface area (Å²) in [7, 11) is 1.83. The lowest BCUT2D eigenvalue weighted by Crippen LogP contribution is -2.50. The highest BCUT2D eigenvalue weighted by atomic mass is 16.2. The third-order valence-electron chi connectivity index (χ3n) is 5.70. The molecule has 0 N–H and O–H groups in total. The maximum atomic E-state index is 12.7. The Morgan fingerprint density at radius 1 is 1.04 bits per heavy atom. The van der Waals surface area contributed by atoms with Gasteiger partial charge in [-0.2, -0.15) is 0 Å². The van der Waals surface area contributed by atoms with Gasteiger partial charge in [0.05, 0.1) is 5.56 Å². The summed E-state index contributed by atoms with van der Waals surface area (Å²) >= 11 is 0. The Morgan fingerprint density at radius 3 is 2.29 bits per heavy atom. The number of pyridine rings is 1. The zero-order valence-electron chi connectivity index (χ0n) is 17.3. The average molecular weight is 381 g/mol. The van der Waals surface area contributed by atoms with E-state index in [4.69, 9.17) is 0 Å². The van der Waals surface area contributed by atoms with Crippen molar-refractivity contribution in [3.8, 4) is 0 Å². The van der Waals surface area contributed by atoms with Crippen molar-refractivity contribution < 1.29 is 4.79 Å². The summed E-state index contributed by atoms with van der Waals surface area (Å²) < 4.78 is 0. The molecule has 5 nitrogen and oxygen atoms in total. The van der Waals surface area contributed by atoms with Crippen LogP contribution in [0.1, 0.15) is 42.6 Å². The van der Waals surface area contributed by atoms with Crippen LogP contribution in [0.5, 0.6) is 0 Å². The number of carbonyl (C=O) groups is 1. The lowest BCUT2D eigenvalue weighted by molar-refractivity contribution is 0.0784. The molecule has 2 aromatic rings. The number of aromatic nitrogens is 1. The smallest absolute Gasteiger partial charge is 0.255 e. The van der Waals surface area contributed by atoms with Crippen molar-refractivity contribution in [2.24, 2.45) is 0 Å². The Morgan fingerprint density at radius 2 is 1.71 bits per heavy atom. The molecule has 3 rings (SSSR count). The quantitative estimate of drug-likeness (QED) is 0.735. The van der Waals surface area contributed by atoms with Crippen LogP contribution in [-0.4, -0.2) is 60.0 Å². The Labute approximate surface area is 169 Å². The molecule has 0 unspecified atom stereocenters. The monoisotopic (exact) mass is 380 g/mol. The fraction of sp³-hybridized carbons (Fsp3) is 0.478. The lowest BCUT2D eigenvalue weighted by atomic mass is 10.1. The maximum Gasteiger partial charge on any atom is 0.255 e. The van der Waals surface area contributed by atoms with Gasteiger partial charge in [-0.1, -0.05) is 44.2 Å². The van der Waals surface area contributed by atoms with Crippen LogP contribution in [-0.2, 0) is 6.54 Å². The van der Waals surface area contributed by atoms with Crippen molar-refractivity contribution >= 4 is 11.7 Å². The molecule has 1 saturated heterocycles. The topological polar surface area (TPSA) is 39.7 Å². The molecule has 1 aromatic carbocycles. The molecule has 1 aliphatic rings. The van der Waals surface area contributed by atoms with Crippen LogP contribution in [0.25, 0.3) is 0 Å². The van der Waals surface area contributed by atoms with Crippen molar-refractivity contribution in [2.75, 3.05) is 38.1 Å². The van der Waals surface area contributed by atoms with Gasteiger partial charge < -0.3 is 9.80 Å². The first-order valence-electron chi connectivity index (χ1n) is 10.4. The van der Waals surface area contributed by atoms with Crippen LogP contribution >= 0.6 is 0 Å². The average Bonchev–Trinajstić information content (AvgIpc) is 2.75. The molecule has 0 spiro atoms. The van der Waals surface area contributed by atoms with Crippen molar-refractivity contribution in [2.45, 2.75) is 39.3 Å². The molecular weight excluding hydrogens is 348 g/mol. The zero-order chi connectivity index (χ0) is 19.9. The molecule has 5 heteroatoms. The van der Waals surface area contributed by atoms with E-state index in [-0.39, 0.29) is 5.91 Å². The third-order valence-corrected chi connectivity index (χ3v) is 5.70. The summed E-state index contributed by atoms with van der Waals surface area (Å²) in [6.07, 6.45) is 4.14. The van der Waals surface area contributed by atoms with Gasteiger partial charge in [0, 0.05) is 52.0 Å². The Hall–Kier alpha value is -2.40. The third kappa shape index (κ3) is 4.90. The number of hydrogen-bond acceptors (Lipinski definition) is 4. The summed E-state index contributed by atoms with van der Waals surface area (Å²) in [4.78, 5) is 23.9. The van der Waals surface area contributed by atoms with Crippen LogP contribution in [0.3, 0.4) is 0 Å². The summed E-state index contributed by atoms with van der Waals surface area (Å²) in [5, 5.41) is 0. The van der Waals surface area contributed by atoms with E-state index in [1.807, 2.05) is 49.5 Å². The second-order valence-corrected chi connectivity index (χ2v) is 7.55. The van der Waals surface area contributed by atoms with Crippen molar-refractivity contribution in [3.63, 3.8) is 0 Å². The van der Waals surface area contributed by atoms with Crippen molar-refractivity contribution in [3.05, 3.63) is 59.8 Å². The number of nitrogens with zero attached hydrogens (tertiary/aromatic N) is 4. The number of amides is 1. The SMILES string of the molecule is CCC(CC)N1CCN(c2ccc(C(=O)N(C)Cc3ccccc3)cn2)CC1. The van der Waals surface area contributed by atoms with Crippen LogP contribution < -0.4 is 4.90 Å². The molecule has 1 amide bonds. The molecule has 28 heavy (non-hydrogen) atoms. The highest BCUT2D eigenvalue weighted by Crippen LogP contribution is 2.18. The predicted octanol–water partition coefficient (Wildman–Crippen LogP) is 3.66. The highest BCUT2D eigenvalue weighted by Gasteiger charge is 2.22. The normalized spacial score (nSPS) is 15.1. The van der Waals surface area contributed by atoms with Crippen LogP contribution in [0.2, 0.25) is 0 Å². The van der Waals surface area contributed by atoms with Crippen LogP contribution in [0, 0.1) is 0 Å². The van der Waals surface area contributed by atoms with E-state index in [0.717, 1.165) is 37.6 Å². The minimum Gasteiger partial charge on any atom is -0.354 e. The van der Waals surface area contributed by atoms with Gasteiger partial charge >= 0.3 is 0 Å². The van der Waals surface area contributed by atoms with Gasteiger partial charge in [-0.25, -0.2) is 4.98 Å². The predicted molar refractivity (Wildman–Crippen MR) is 115 cm³/mol. The Bertz CT molecular complexity index is 735. The van der Waals surface area contributed by atoms with Gasteiger partial charge in [-0.05, 0) is 30.5 Å². The maximum absolute atomic E-state index is 12.7. The van der Waals surface area contributed by atoms with E-state index >= 15 is 0 Å². The first-order chi connectivity index (χ1) is 13.6. The Balaban J connectivity index is 1.57. The number of benzene rings is 1. The highest BCUT2D eigenvalue weighted by molar-refractivity contribution is 5.93. The minimum absolute atomic E-state index is 0.00135. The lowest BCUT2D eigenvalue weighted by Gasteiger charge is -2.39. The molecule has 0 radical (unpaired) electrons. The van der Waals surface area contributed by atoms with Crippen molar-refractivity contribution in [1.29, 1.82) is 0 Å². The zero-order valence-corrected chi connectivity index (χ0v) is 17.3. The number of rotatable bonds is 7. The molecule has 1 fully saturated rings. The van der Waals surface area contributed by atoms with Gasteiger partial charge in [0.15, 0.2) is 0 Å². The van der Waals surface area contributed by atoms with E-state index < -0.39 is 0 Å². The van der Waals surface area contributed by atoms with Crippen LogP contribution in [0.4, 0.5) is 5.82 Å². The molecule has 1 aromatic heterocycles. The first kappa shape index (κ1) is 20.3. The summed E-state index contributed by atoms with van der Waals surface area (Å²) in [5.74, 6) is 0.966. The fourth-order valence-electron chi connectivity index (χ4n) is 3.97. The van der Waals surface area contributed by atoms with E-state index in [2.05, 4.69) is 28.6 Å². The van der Waals surface area contributed by atoms with Gasteiger partial charge in [-0.15, -0.1) is 0 Å². The van der Waals surface area contributed by atoms with Crippen molar-refractivity contribution in [1.82, 2.24) is 14.8 Å². The molecule has 1 aliphatic heterocycles. The van der Waals surface area contributed by atoms with E-state index in [1.165, 1.54) is 12.8 Å². The van der Waals surface area contributed by atoms with E-state index in [1.54, 1.807) is 11.1 Å². The standard InChI is InChI=1S/C23H32N4O/c1-4-21(5-2)26-13-15-27(16-14-26)22-12-11-20(17-24-22)23(28)25(3)18-19-9-7-6-8-10-19/h6-12,17,21H,4-5,13-16,18H2,1-3H3. The molecule has 150 valence electrons. The molecule has 2 heterocycles. The van der Waals surface area contributed by atoms with Gasteiger partial charge in [-0.3, -0.25) is 9.69 Å². The second kappa shape index (κ2) is 9.69. The van der Waals surface area contributed by atoms with E-state index in [9.17, 15) is 4.79 Å². The van der Waals surface area contributed by atoms with Crippen LogP contribution in [0.15, 0.2) is 48.7 Å². The molecule has 0 aliphatic carbocycles. The minimum atomic E-state index is 0.00135. The number of piperazine rings is 1. The molecule has 0 bridgehead atoms. The largest absolute Gasteiger partial charge is 0.354 e. The van der Waals surface area contributed by atoms with Gasteiger partial charge in [0.2, 0.25) is 0 Å². The summed E-state index contributed by atoms with van der Waals surface area (Å²) in [6, 6.07) is 14.6. The number of anilines is 1. The molecule has 0 saturated carbocycles. The van der Waals surface area contributed by atoms with E-state index in [0.29, 0.717) is 18.2 Å². The second-order valence-electron chi connectivity index (χ2n) is 7.55. The number of hydrogen-bond donors (Lipinski definition) is 0. The summed E-state index contributed by atoms with van der Waals surface area (Å²) in [6.45, 7) is 9.27. The number of carbonyl (C=O) groups excluding carboxylic acids is 1. The van der Waals surface area contributed by atoms with Gasteiger partial charge in [0.1, 0.15) is 5.82 Å². The first-order valence-corrected chi connectivity index (χ1v) is 10.4. The molecule has 0 atom stereocenters.